The lowest BCUT2D eigenvalue weighted by molar-refractivity contribution is 0.890. The zero-order valence-electron chi connectivity index (χ0n) is 8.02. The lowest BCUT2D eigenvalue weighted by Gasteiger charge is -2.04. The average Bonchev–Trinajstić information content (AvgIpc) is 2.61. The summed E-state index contributed by atoms with van der Waals surface area (Å²) in [6.45, 7) is 0.405. The maximum atomic E-state index is 5.89. The highest BCUT2D eigenvalue weighted by atomic mass is 79.9. The van der Waals surface area contributed by atoms with Crippen LogP contribution in [0, 0.1) is 0 Å². The maximum Gasteiger partial charge on any atom is 0.131 e. The van der Waals surface area contributed by atoms with Crippen molar-refractivity contribution in [2.24, 2.45) is 5.73 Å². The minimum Gasteiger partial charge on any atom is -0.383 e. The zero-order valence-corrected chi connectivity index (χ0v) is 9.61. The fourth-order valence-corrected chi connectivity index (χ4v) is 1.60. The zero-order chi connectivity index (χ0) is 10.8. The Labute approximate surface area is 96.0 Å². The molecular weight excluding hydrogens is 256 g/mol. The van der Waals surface area contributed by atoms with Crippen molar-refractivity contribution in [3.8, 4) is 5.69 Å². The van der Waals surface area contributed by atoms with Gasteiger partial charge in [-0.25, -0.2) is 4.68 Å². The summed E-state index contributed by atoms with van der Waals surface area (Å²) in [5.74, 6) is 0.597. The number of nitrogens with zero attached hydrogens (tertiary/aromatic N) is 2. The lowest BCUT2D eigenvalue weighted by Crippen LogP contribution is -2.04. The van der Waals surface area contributed by atoms with Crippen molar-refractivity contribution in [1.29, 1.82) is 0 Å². The summed E-state index contributed by atoms with van der Waals surface area (Å²) < 4.78 is 2.70. The average molecular weight is 267 g/mol. The minimum absolute atomic E-state index is 0.405. The number of hydrogen-bond donors (Lipinski definition) is 2. The molecule has 78 valence electrons. The first-order valence-corrected chi connectivity index (χ1v) is 5.30. The molecule has 1 heterocycles. The first kappa shape index (κ1) is 10.2. The van der Waals surface area contributed by atoms with E-state index in [0.717, 1.165) is 15.7 Å². The Kier molecular flexibility index (Phi) is 2.75. The van der Waals surface area contributed by atoms with Crippen molar-refractivity contribution in [2.75, 3.05) is 5.73 Å². The van der Waals surface area contributed by atoms with Gasteiger partial charge in [-0.2, -0.15) is 5.10 Å². The molecule has 0 amide bonds. The van der Waals surface area contributed by atoms with Gasteiger partial charge in [0, 0.05) is 16.6 Å². The van der Waals surface area contributed by atoms with Crippen LogP contribution in [0.5, 0.6) is 0 Å². The number of halogens is 1. The first-order valence-electron chi connectivity index (χ1n) is 4.50. The molecule has 2 rings (SSSR count). The Hall–Kier alpha value is -1.33. The normalized spacial score (nSPS) is 10.5. The molecule has 1 aromatic heterocycles. The monoisotopic (exact) mass is 266 g/mol. The van der Waals surface area contributed by atoms with Crippen LogP contribution in [0.3, 0.4) is 0 Å². The fourth-order valence-electron chi connectivity index (χ4n) is 1.34. The first-order chi connectivity index (χ1) is 7.22. The van der Waals surface area contributed by atoms with E-state index in [1.54, 1.807) is 10.9 Å². The van der Waals surface area contributed by atoms with Crippen molar-refractivity contribution in [2.45, 2.75) is 6.54 Å². The number of nitrogen functional groups attached to an aromatic ring is 1. The molecule has 0 aliphatic rings. The SMILES string of the molecule is NCc1cnn(-c2ccc(Br)cc2)c1N. The van der Waals surface area contributed by atoms with E-state index in [9.17, 15) is 0 Å². The predicted molar refractivity (Wildman–Crippen MR) is 63.6 cm³/mol. The van der Waals surface area contributed by atoms with Crippen LogP contribution in [0.2, 0.25) is 0 Å². The van der Waals surface area contributed by atoms with Gasteiger partial charge >= 0.3 is 0 Å². The van der Waals surface area contributed by atoms with Crippen molar-refractivity contribution in [3.63, 3.8) is 0 Å². The molecule has 0 atom stereocenters. The number of aromatic nitrogens is 2. The van der Waals surface area contributed by atoms with Gasteiger partial charge in [-0.1, -0.05) is 15.9 Å². The Morgan fingerprint density at radius 2 is 1.93 bits per heavy atom. The quantitative estimate of drug-likeness (QED) is 0.869. The largest absolute Gasteiger partial charge is 0.383 e. The van der Waals surface area contributed by atoms with Crippen LogP contribution < -0.4 is 11.5 Å². The van der Waals surface area contributed by atoms with Gasteiger partial charge < -0.3 is 11.5 Å². The van der Waals surface area contributed by atoms with Crippen LogP contribution >= 0.6 is 15.9 Å². The Morgan fingerprint density at radius 1 is 1.27 bits per heavy atom. The molecule has 4 N–H and O–H groups in total. The molecule has 0 saturated carbocycles. The molecular formula is C10H11BrN4. The van der Waals surface area contributed by atoms with Gasteiger partial charge in [-0.15, -0.1) is 0 Å². The molecule has 0 saturated heterocycles. The molecule has 0 aliphatic heterocycles. The molecule has 2 aromatic rings. The molecule has 0 aliphatic carbocycles. The summed E-state index contributed by atoms with van der Waals surface area (Å²) in [5, 5.41) is 4.18. The van der Waals surface area contributed by atoms with E-state index in [2.05, 4.69) is 21.0 Å². The molecule has 5 heteroatoms. The molecule has 0 radical (unpaired) electrons. The Balaban J connectivity index is 2.45. The summed E-state index contributed by atoms with van der Waals surface area (Å²) in [6, 6.07) is 7.76. The van der Waals surface area contributed by atoms with E-state index in [1.165, 1.54) is 0 Å². The van der Waals surface area contributed by atoms with Crippen molar-refractivity contribution < 1.29 is 0 Å². The van der Waals surface area contributed by atoms with E-state index in [1.807, 2.05) is 24.3 Å². The summed E-state index contributed by atoms with van der Waals surface area (Å²) >= 11 is 3.37. The Bertz CT molecular complexity index is 461. The predicted octanol–water partition coefficient (Wildman–Crippen LogP) is 1.68. The van der Waals surface area contributed by atoms with Crippen molar-refractivity contribution in [3.05, 3.63) is 40.5 Å². The summed E-state index contributed by atoms with van der Waals surface area (Å²) in [4.78, 5) is 0. The third-order valence-corrected chi connectivity index (χ3v) is 2.71. The van der Waals surface area contributed by atoms with Crippen LogP contribution in [-0.4, -0.2) is 9.78 Å². The van der Waals surface area contributed by atoms with Gasteiger partial charge in [0.1, 0.15) is 5.82 Å². The summed E-state index contributed by atoms with van der Waals surface area (Å²) in [7, 11) is 0. The van der Waals surface area contributed by atoms with Gasteiger partial charge in [0.25, 0.3) is 0 Å². The number of nitrogens with two attached hydrogens (primary N) is 2. The van der Waals surface area contributed by atoms with Crippen molar-refractivity contribution in [1.82, 2.24) is 9.78 Å². The number of hydrogen-bond acceptors (Lipinski definition) is 3. The van der Waals surface area contributed by atoms with Gasteiger partial charge in [0.05, 0.1) is 11.9 Å². The van der Waals surface area contributed by atoms with Crippen LogP contribution in [0.1, 0.15) is 5.56 Å². The fraction of sp³-hybridized carbons (Fsp3) is 0.100. The van der Waals surface area contributed by atoms with Crippen LogP contribution in [0.15, 0.2) is 34.9 Å². The van der Waals surface area contributed by atoms with Gasteiger partial charge in [0.2, 0.25) is 0 Å². The smallest absolute Gasteiger partial charge is 0.131 e. The Morgan fingerprint density at radius 3 is 2.47 bits per heavy atom. The topological polar surface area (TPSA) is 69.9 Å². The van der Waals surface area contributed by atoms with Crippen LogP contribution in [0.4, 0.5) is 5.82 Å². The van der Waals surface area contributed by atoms with Gasteiger partial charge in [0.15, 0.2) is 0 Å². The number of benzene rings is 1. The summed E-state index contributed by atoms with van der Waals surface area (Å²) in [6.07, 6.45) is 1.69. The minimum atomic E-state index is 0.405. The standard InChI is InChI=1S/C10H11BrN4/c11-8-1-3-9(4-2-8)15-10(13)7(5-12)6-14-15/h1-4,6H,5,12-13H2. The molecule has 0 bridgehead atoms. The molecule has 15 heavy (non-hydrogen) atoms. The molecule has 0 fully saturated rings. The third kappa shape index (κ3) is 1.88. The van der Waals surface area contributed by atoms with E-state index >= 15 is 0 Å². The second kappa shape index (κ2) is 4.04. The summed E-state index contributed by atoms with van der Waals surface area (Å²) in [5.41, 5.74) is 13.2. The lowest BCUT2D eigenvalue weighted by atomic mass is 10.3. The highest BCUT2D eigenvalue weighted by molar-refractivity contribution is 9.10. The third-order valence-electron chi connectivity index (χ3n) is 2.18. The van der Waals surface area contributed by atoms with Gasteiger partial charge in [-0.05, 0) is 24.3 Å². The molecule has 4 nitrogen and oxygen atoms in total. The van der Waals surface area contributed by atoms with E-state index in [0.29, 0.717) is 12.4 Å². The van der Waals surface area contributed by atoms with E-state index in [4.69, 9.17) is 11.5 Å². The van der Waals surface area contributed by atoms with E-state index in [-0.39, 0.29) is 0 Å². The molecule has 0 spiro atoms. The van der Waals surface area contributed by atoms with Crippen LogP contribution in [0.25, 0.3) is 5.69 Å². The maximum absolute atomic E-state index is 5.89. The number of rotatable bonds is 2. The highest BCUT2D eigenvalue weighted by Crippen LogP contribution is 2.18. The van der Waals surface area contributed by atoms with Crippen molar-refractivity contribution >= 4 is 21.7 Å². The molecule has 0 unspecified atom stereocenters. The van der Waals surface area contributed by atoms with E-state index < -0.39 is 0 Å². The number of anilines is 1. The van der Waals surface area contributed by atoms with Gasteiger partial charge in [-0.3, -0.25) is 0 Å². The molecule has 1 aromatic carbocycles. The highest BCUT2D eigenvalue weighted by Gasteiger charge is 2.06. The van der Waals surface area contributed by atoms with Crippen LogP contribution in [-0.2, 0) is 6.54 Å². The second-order valence-corrected chi connectivity index (χ2v) is 4.06. The second-order valence-electron chi connectivity index (χ2n) is 3.15.